The van der Waals surface area contributed by atoms with Crippen molar-refractivity contribution >= 4 is 5.91 Å². The number of morpholine rings is 1. The summed E-state index contributed by atoms with van der Waals surface area (Å²) in [5, 5.41) is 0. The number of hydrogen-bond donors (Lipinski definition) is 1. The number of ether oxygens (including phenoxy) is 1. The average molecular weight is 256 g/mol. The van der Waals surface area contributed by atoms with Crippen LogP contribution in [0.3, 0.4) is 0 Å². The number of hydrogen-bond acceptors (Lipinski definition) is 3. The second-order valence-corrected chi connectivity index (χ2v) is 6.45. The second kappa shape index (κ2) is 6.53. The molecule has 2 N–H and O–H groups in total. The third-order valence-corrected chi connectivity index (χ3v) is 3.33. The summed E-state index contributed by atoms with van der Waals surface area (Å²) in [5.41, 5.74) is 6.25. The van der Waals surface area contributed by atoms with Gasteiger partial charge in [-0.1, -0.05) is 27.7 Å². The molecule has 2 atom stereocenters. The van der Waals surface area contributed by atoms with E-state index in [1.807, 2.05) is 4.90 Å². The Morgan fingerprint density at radius 1 is 1.50 bits per heavy atom. The minimum atomic E-state index is -0.0437. The maximum absolute atomic E-state index is 12.3. The molecule has 1 amide bonds. The first-order chi connectivity index (χ1) is 8.33. The first kappa shape index (κ1) is 15.4. The van der Waals surface area contributed by atoms with Gasteiger partial charge >= 0.3 is 0 Å². The SMILES string of the molecule is CCC1COCCN1C(=O)CC(N)CC(C)(C)C. The highest BCUT2D eigenvalue weighted by Crippen LogP contribution is 2.22. The first-order valence-electron chi connectivity index (χ1n) is 6.96. The number of nitrogens with two attached hydrogens (primary N) is 1. The van der Waals surface area contributed by atoms with E-state index in [9.17, 15) is 4.79 Å². The number of amides is 1. The molecule has 0 saturated carbocycles. The number of rotatable bonds is 4. The van der Waals surface area contributed by atoms with E-state index >= 15 is 0 Å². The molecule has 1 aliphatic rings. The van der Waals surface area contributed by atoms with Crippen molar-refractivity contribution < 1.29 is 9.53 Å². The van der Waals surface area contributed by atoms with E-state index < -0.39 is 0 Å². The van der Waals surface area contributed by atoms with Gasteiger partial charge in [-0.15, -0.1) is 0 Å². The summed E-state index contributed by atoms with van der Waals surface area (Å²) in [6.45, 7) is 10.6. The maximum Gasteiger partial charge on any atom is 0.224 e. The topological polar surface area (TPSA) is 55.6 Å². The van der Waals surface area contributed by atoms with Crippen LogP contribution < -0.4 is 5.73 Å². The average Bonchev–Trinajstić information content (AvgIpc) is 2.26. The third kappa shape index (κ3) is 4.94. The minimum Gasteiger partial charge on any atom is -0.377 e. The lowest BCUT2D eigenvalue weighted by Crippen LogP contribution is -2.49. The van der Waals surface area contributed by atoms with Crippen molar-refractivity contribution in [3.63, 3.8) is 0 Å². The molecule has 18 heavy (non-hydrogen) atoms. The molecule has 0 aromatic rings. The highest BCUT2D eigenvalue weighted by atomic mass is 16.5. The molecule has 106 valence electrons. The summed E-state index contributed by atoms with van der Waals surface area (Å²) in [6.07, 6.45) is 2.27. The highest BCUT2D eigenvalue weighted by molar-refractivity contribution is 5.77. The summed E-state index contributed by atoms with van der Waals surface area (Å²) in [5.74, 6) is 0.182. The molecule has 1 heterocycles. The molecule has 1 fully saturated rings. The Kier molecular flexibility index (Phi) is 5.60. The molecule has 4 nitrogen and oxygen atoms in total. The fraction of sp³-hybridized carbons (Fsp3) is 0.929. The minimum absolute atomic E-state index is 0.0437. The molecule has 2 unspecified atom stereocenters. The largest absolute Gasteiger partial charge is 0.377 e. The third-order valence-electron chi connectivity index (χ3n) is 3.33. The summed E-state index contributed by atoms with van der Waals surface area (Å²) in [6, 6.07) is 0.186. The van der Waals surface area contributed by atoms with Crippen LogP contribution in [0.25, 0.3) is 0 Å². The quantitative estimate of drug-likeness (QED) is 0.834. The molecule has 4 heteroatoms. The van der Waals surface area contributed by atoms with E-state index in [4.69, 9.17) is 10.5 Å². The van der Waals surface area contributed by atoms with E-state index in [0.29, 0.717) is 26.2 Å². The Balaban J connectivity index is 2.48. The summed E-state index contributed by atoms with van der Waals surface area (Å²) in [7, 11) is 0. The Bertz CT molecular complexity index is 273. The summed E-state index contributed by atoms with van der Waals surface area (Å²) in [4.78, 5) is 14.2. The first-order valence-corrected chi connectivity index (χ1v) is 6.96. The van der Waals surface area contributed by atoms with Gasteiger partial charge in [-0.2, -0.15) is 0 Å². The van der Waals surface area contributed by atoms with Gasteiger partial charge in [0.1, 0.15) is 0 Å². The van der Waals surface area contributed by atoms with Crippen LogP contribution >= 0.6 is 0 Å². The smallest absolute Gasteiger partial charge is 0.224 e. The van der Waals surface area contributed by atoms with Gasteiger partial charge in [-0.3, -0.25) is 4.79 Å². The van der Waals surface area contributed by atoms with Crippen molar-refractivity contribution in [3.05, 3.63) is 0 Å². The van der Waals surface area contributed by atoms with E-state index in [0.717, 1.165) is 12.8 Å². The van der Waals surface area contributed by atoms with E-state index in [1.54, 1.807) is 0 Å². The van der Waals surface area contributed by atoms with Gasteiger partial charge in [0.15, 0.2) is 0 Å². The fourth-order valence-corrected chi connectivity index (χ4v) is 2.52. The lowest BCUT2D eigenvalue weighted by Gasteiger charge is -2.36. The van der Waals surface area contributed by atoms with Gasteiger partial charge in [0.05, 0.1) is 19.3 Å². The van der Waals surface area contributed by atoms with Crippen molar-refractivity contribution in [1.82, 2.24) is 4.90 Å². The van der Waals surface area contributed by atoms with Crippen molar-refractivity contribution in [1.29, 1.82) is 0 Å². The monoisotopic (exact) mass is 256 g/mol. The van der Waals surface area contributed by atoms with Crippen molar-refractivity contribution in [2.24, 2.45) is 11.1 Å². The van der Waals surface area contributed by atoms with E-state index in [1.165, 1.54) is 0 Å². The molecule has 0 aliphatic carbocycles. The molecule has 1 saturated heterocycles. The van der Waals surface area contributed by atoms with Crippen LogP contribution in [0.1, 0.15) is 47.0 Å². The predicted octanol–water partition coefficient (Wildman–Crippen LogP) is 1.78. The molecule has 0 spiro atoms. The van der Waals surface area contributed by atoms with Gasteiger partial charge in [0, 0.05) is 19.0 Å². The normalized spacial score (nSPS) is 22.9. The van der Waals surface area contributed by atoms with Gasteiger partial charge in [0.25, 0.3) is 0 Å². The second-order valence-electron chi connectivity index (χ2n) is 6.45. The van der Waals surface area contributed by atoms with Crippen LogP contribution in [0.5, 0.6) is 0 Å². The Hall–Kier alpha value is -0.610. The standard InChI is InChI=1S/C14H28N2O2/c1-5-12-10-18-7-6-16(12)13(17)8-11(15)9-14(2,3)4/h11-12H,5-10,15H2,1-4H3. The van der Waals surface area contributed by atoms with Crippen LogP contribution in [0.4, 0.5) is 0 Å². The van der Waals surface area contributed by atoms with Crippen LogP contribution in [0.2, 0.25) is 0 Å². The van der Waals surface area contributed by atoms with Crippen LogP contribution in [0, 0.1) is 5.41 Å². The van der Waals surface area contributed by atoms with Crippen molar-refractivity contribution in [3.8, 4) is 0 Å². The molecular weight excluding hydrogens is 228 g/mol. The van der Waals surface area contributed by atoms with E-state index in [2.05, 4.69) is 27.7 Å². The predicted molar refractivity (Wildman–Crippen MR) is 73.3 cm³/mol. The Morgan fingerprint density at radius 3 is 2.72 bits per heavy atom. The van der Waals surface area contributed by atoms with Gasteiger partial charge in [0.2, 0.25) is 5.91 Å². The summed E-state index contributed by atoms with van der Waals surface area (Å²) >= 11 is 0. The zero-order valence-electron chi connectivity index (χ0n) is 12.2. The molecule has 0 aromatic carbocycles. The Morgan fingerprint density at radius 2 is 2.17 bits per heavy atom. The van der Waals surface area contributed by atoms with Crippen LogP contribution in [-0.2, 0) is 9.53 Å². The molecule has 1 rings (SSSR count). The van der Waals surface area contributed by atoms with Crippen LogP contribution in [-0.4, -0.2) is 42.6 Å². The van der Waals surface area contributed by atoms with Crippen molar-refractivity contribution in [2.75, 3.05) is 19.8 Å². The number of carbonyl (C=O) groups is 1. The summed E-state index contributed by atoms with van der Waals surface area (Å²) < 4.78 is 5.41. The highest BCUT2D eigenvalue weighted by Gasteiger charge is 2.27. The lowest BCUT2D eigenvalue weighted by molar-refractivity contribution is -0.140. The van der Waals surface area contributed by atoms with Gasteiger partial charge in [-0.25, -0.2) is 0 Å². The fourth-order valence-electron chi connectivity index (χ4n) is 2.52. The number of carbonyl (C=O) groups excluding carboxylic acids is 1. The molecule has 0 aromatic heterocycles. The van der Waals surface area contributed by atoms with Gasteiger partial charge < -0.3 is 15.4 Å². The van der Waals surface area contributed by atoms with Gasteiger partial charge in [-0.05, 0) is 18.3 Å². The Labute approximate surface area is 111 Å². The maximum atomic E-state index is 12.3. The lowest BCUT2D eigenvalue weighted by atomic mass is 9.87. The van der Waals surface area contributed by atoms with Crippen molar-refractivity contribution in [2.45, 2.75) is 59.0 Å². The zero-order valence-corrected chi connectivity index (χ0v) is 12.2. The number of nitrogens with zero attached hydrogens (tertiary/aromatic N) is 1. The molecular formula is C14H28N2O2. The van der Waals surface area contributed by atoms with Crippen LogP contribution in [0.15, 0.2) is 0 Å². The zero-order chi connectivity index (χ0) is 13.8. The molecule has 0 bridgehead atoms. The molecule has 0 radical (unpaired) electrons. The molecule has 1 aliphatic heterocycles. The van der Waals surface area contributed by atoms with E-state index in [-0.39, 0.29) is 23.4 Å².